The lowest BCUT2D eigenvalue weighted by atomic mass is 9.92. The predicted molar refractivity (Wildman–Crippen MR) is 54.9 cm³/mol. The van der Waals surface area contributed by atoms with Crippen LogP contribution in [0.5, 0.6) is 0 Å². The lowest BCUT2D eigenvalue weighted by Crippen LogP contribution is -2.48. The van der Waals surface area contributed by atoms with Crippen LogP contribution in [0.3, 0.4) is 0 Å². The van der Waals surface area contributed by atoms with E-state index in [0.29, 0.717) is 0 Å². The molecule has 0 amide bonds. The van der Waals surface area contributed by atoms with Crippen LogP contribution in [0.25, 0.3) is 0 Å². The molecule has 2 fully saturated rings. The maximum absolute atomic E-state index is 3.67. The van der Waals surface area contributed by atoms with Crippen LogP contribution in [0, 0.1) is 5.92 Å². The van der Waals surface area contributed by atoms with Crippen molar-refractivity contribution in [2.45, 2.75) is 12.5 Å². The van der Waals surface area contributed by atoms with Gasteiger partial charge in [-0.25, -0.2) is 0 Å². The fourth-order valence-corrected chi connectivity index (χ4v) is 2.60. The average Bonchev–Trinajstić information content (AvgIpc) is 2.25. The summed E-state index contributed by atoms with van der Waals surface area (Å²) in [5.74, 6) is 0.839. The number of hydrogen-bond acceptors (Lipinski definition) is 3. The highest BCUT2D eigenvalue weighted by Gasteiger charge is 2.29. The molecule has 2 saturated heterocycles. The van der Waals surface area contributed by atoms with Gasteiger partial charge in [-0.05, 0) is 33.0 Å². The van der Waals surface area contributed by atoms with Gasteiger partial charge in [-0.15, -0.1) is 0 Å². The first kappa shape index (κ1) is 9.44. The summed E-state index contributed by atoms with van der Waals surface area (Å²) in [6.07, 6.45) is 1.33. The molecule has 2 atom stereocenters. The lowest BCUT2D eigenvalue weighted by molar-refractivity contribution is 0.152. The topological polar surface area (TPSA) is 18.5 Å². The molecule has 3 nitrogen and oxygen atoms in total. The summed E-state index contributed by atoms with van der Waals surface area (Å²) < 4.78 is 0. The molecule has 2 rings (SSSR count). The van der Waals surface area contributed by atoms with Crippen LogP contribution in [0.2, 0.25) is 0 Å². The molecule has 2 aliphatic rings. The number of nitrogens with zero attached hydrogens (tertiary/aromatic N) is 2. The fraction of sp³-hybridized carbons (Fsp3) is 1.00. The van der Waals surface area contributed by atoms with Crippen molar-refractivity contribution in [3.05, 3.63) is 0 Å². The van der Waals surface area contributed by atoms with E-state index < -0.39 is 0 Å². The van der Waals surface area contributed by atoms with Crippen molar-refractivity contribution in [3.8, 4) is 0 Å². The van der Waals surface area contributed by atoms with Crippen LogP contribution in [-0.4, -0.2) is 62.7 Å². The standard InChI is InChI=1S/C10H21N3/c1-12-5-3-10-9(7-12)8-13(2)6-4-11-10/h9-11H,3-8H2,1-2H3. The molecule has 13 heavy (non-hydrogen) atoms. The maximum atomic E-state index is 3.67. The Bertz CT molecular complexity index is 170. The number of hydrogen-bond donors (Lipinski definition) is 1. The van der Waals surface area contributed by atoms with E-state index in [1.165, 1.54) is 39.1 Å². The minimum atomic E-state index is 0.779. The van der Waals surface area contributed by atoms with E-state index >= 15 is 0 Å². The molecule has 1 N–H and O–H groups in total. The van der Waals surface area contributed by atoms with Crippen molar-refractivity contribution < 1.29 is 0 Å². The van der Waals surface area contributed by atoms with Gasteiger partial charge >= 0.3 is 0 Å². The fourth-order valence-electron chi connectivity index (χ4n) is 2.60. The minimum absolute atomic E-state index is 0.779. The molecule has 76 valence electrons. The highest BCUT2D eigenvalue weighted by molar-refractivity contribution is 4.87. The summed E-state index contributed by atoms with van der Waals surface area (Å²) in [6.45, 7) is 6.17. The Balaban J connectivity index is 1.98. The summed E-state index contributed by atoms with van der Waals surface area (Å²) in [5, 5.41) is 3.67. The third-order valence-electron chi connectivity index (χ3n) is 3.38. The van der Waals surface area contributed by atoms with Crippen molar-refractivity contribution in [2.24, 2.45) is 5.92 Å². The SMILES string of the molecule is CN1CCNC2CCN(C)CC2C1. The van der Waals surface area contributed by atoms with Crippen LogP contribution < -0.4 is 5.32 Å². The smallest absolute Gasteiger partial charge is 0.0132 e. The van der Waals surface area contributed by atoms with Crippen LogP contribution in [0.4, 0.5) is 0 Å². The summed E-state index contributed by atoms with van der Waals surface area (Å²) in [7, 11) is 4.47. The Kier molecular flexibility index (Phi) is 2.86. The van der Waals surface area contributed by atoms with E-state index in [0.717, 1.165) is 12.0 Å². The second kappa shape index (κ2) is 3.95. The van der Waals surface area contributed by atoms with E-state index in [2.05, 4.69) is 29.2 Å². The van der Waals surface area contributed by atoms with E-state index in [4.69, 9.17) is 0 Å². The zero-order chi connectivity index (χ0) is 9.26. The second-order valence-electron chi connectivity index (χ2n) is 4.63. The van der Waals surface area contributed by atoms with Gasteiger partial charge in [-0.2, -0.15) is 0 Å². The van der Waals surface area contributed by atoms with Crippen molar-refractivity contribution in [2.75, 3.05) is 46.8 Å². The molecule has 0 aromatic carbocycles. The molecular formula is C10H21N3. The molecule has 0 aliphatic carbocycles. The van der Waals surface area contributed by atoms with Gasteiger partial charge in [0.2, 0.25) is 0 Å². The normalized spacial score (nSPS) is 38.3. The first-order chi connectivity index (χ1) is 6.25. The number of nitrogens with one attached hydrogen (secondary N) is 1. The summed E-state index contributed by atoms with van der Waals surface area (Å²) in [6, 6.07) is 0.779. The molecule has 3 heteroatoms. The average molecular weight is 183 g/mol. The Morgan fingerprint density at radius 1 is 1.08 bits per heavy atom. The van der Waals surface area contributed by atoms with Gasteiger partial charge in [0.05, 0.1) is 0 Å². The summed E-state index contributed by atoms with van der Waals surface area (Å²) in [5.41, 5.74) is 0. The van der Waals surface area contributed by atoms with Gasteiger partial charge in [-0.3, -0.25) is 0 Å². The molecule has 2 aliphatic heterocycles. The first-order valence-electron chi connectivity index (χ1n) is 5.36. The number of likely N-dealkylation sites (N-methyl/N-ethyl adjacent to an activating group) is 1. The third kappa shape index (κ3) is 2.22. The molecule has 0 aromatic heterocycles. The molecule has 2 heterocycles. The zero-order valence-electron chi connectivity index (χ0n) is 8.79. The van der Waals surface area contributed by atoms with Gasteiger partial charge in [0, 0.05) is 32.2 Å². The van der Waals surface area contributed by atoms with Crippen LogP contribution in [0.15, 0.2) is 0 Å². The maximum Gasteiger partial charge on any atom is 0.0132 e. The van der Waals surface area contributed by atoms with E-state index in [-0.39, 0.29) is 0 Å². The van der Waals surface area contributed by atoms with E-state index in [1.54, 1.807) is 0 Å². The Hall–Kier alpha value is -0.120. The number of fused-ring (bicyclic) bond motifs is 1. The van der Waals surface area contributed by atoms with E-state index in [9.17, 15) is 0 Å². The largest absolute Gasteiger partial charge is 0.312 e. The highest BCUT2D eigenvalue weighted by atomic mass is 15.2. The number of piperidine rings is 1. The van der Waals surface area contributed by atoms with Crippen molar-refractivity contribution in [1.29, 1.82) is 0 Å². The molecular weight excluding hydrogens is 162 g/mol. The number of likely N-dealkylation sites (tertiary alicyclic amines) is 1. The van der Waals surface area contributed by atoms with Crippen LogP contribution in [-0.2, 0) is 0 Å². The molecule has 0 radical (unpaired) electrons. The minimum Gasteiger partial charge on any atom is -0.312 e. The monoisotopic (exact) mass is 183 g/mol. The predicted octanol–water partition coefficient (Wildman–Crippen LogP) is -0.158. The number of rotatable bonds is 0. The highest BCUT2D eigenvalue weighted by Crippen LogP contribution is 2.18. The molecule has 2 unspecified atom stereocenters. The quantitative estimate of drug-likeness (QED) is 0.563. The van der Waals surface area contributed by atoms with Crippen molar-refractivity contribution in [3.63, 3.8) is 0 Å². The van der Waals surface area contributed by atoms with Crippen LogP contribution >= 0.6 is 0 Å². The molecule has 0 saturated carbocycles. The third-order valence-corrected chi connectivity index (χ3v) is 3.38. The van der Waals surface area contributed by atoms with Gasteiger partial charge < -0.3 is 15.1 Å². The zero-order valence-corrected chi connectivity index (χ0v) is 8.79. The van der Waals surface area contributed by atoms with Crippen LogP contribution in [0.1, 0.15) is 6.42 Å². The summed E-state index contributed by atoms with van der Waals surface area (Å²) in [4.78, 5) is 4.92. The Morgan fingerprint density at radius 2 is 1.77 bits per heavy atom. The van der Waals surface area contributed by atoms with Crippen molar-refractivity contribution in [1.82, 2.24) is 15.1 Å². The second-order valence-corrected chi connectivity index (χ2v) is 4.63. The molecule has 0 bridgehead atoms. The van der Waals surface area contributed by atoms with E-state index in [1.807, 2.05) is 0 Å². The molecule has 0 aromatic rings. The Labute approximate surface area is 81.1 Å². The van der Waals surface area contributed by atoms with Gasteiger partial charge in [0.25, 0.3) is 0 Å². The Morgan fingerprint density at radius 3 is 2.54 bits per heavy atom. The van der Waals surface area contributed by atoms with Crippen molar-refractivity contribution >= 4 is 0 Å². The first-order valence-corrected chi connectivity index (χ1v) is 5.36. The van der Waals surface area contributed by atoms with Gasteiger partial charge in [0.15, 0.2) is 0 Å². The van der Waals surface area contributed by atoms with Gasteiger partial charge in [-0.1, -0.05) is 0 Å². The lowest BCUT2D eigenvalue weighted by Gasteiger charge is -2.36. The molecule has 0 spiro atoms. The summed E-state index contributed by atoms with van der Waals surface area (Å²) >= 11 is 0. The van der Waals surface area contributed by atoms with Gasteiger partial charge in [0.1, 0.15) is 0 Å².